The number of carbonyl (C=O) groups excluding carboxylic acids is 1. The van der Waals surface area contributed by atoms with Gasteiger partial charge in [-0.3, -0.25) is 4.79 Å². The monoisotopic (exact) mass is 332 g/mol. The van der Waals surface area contributed by atoms with Crippen molar-refractivity contribution in [3.05, 3.63) is 5.56 Å². The van der Waals surface area contributed by atoms with Crippen LogP contribution in [0.15, 0.2) is 0 Å². The number of fused-ring (bicyclic) bond motifs is 1. The summed E-state index contributed by atoms with van der Waals surface area (Å²) >= 11 is 0. The third-order valence-corrected chi connectivity index (χ3v) is 4.98. The number of nitrogen functional groups attached to an aromatic ring is 1. The predicted octanol–water partition coefficient (Wildman–Crippen LogP) is 1.50. The lowest BCUT2D eigenvalue weighted by molar-refractivity contribution is -0.129. The van der Waals surface area contributed by atoms with Crippen molar-refractivity contribution < 1.29 is 4.79 Å². The number of hydrogen-bond acceptors (Lipinski definition) is 6. The molecule has 1 aromatic heterocycles. The fourth-order valence-electron chi connectivity index (χ4n) is 3.64. The Hall–Kier alpha value is -2.05. The number of carbonyl (C=O) groups is 1. The fourth-order valence-corrected chi connectivity index (χ4v) is 3.64. The molecule has 3 N–H and O–H groups in total. The van der Waals surface area contributed by atoms with E-state index in [1.807, 2.05) is 14.1 Å². The Kier molecular flexibility index (Phi) is 5.06. The van der Waals surface area contributed by atoms with Gasteiger partial charge in [-0.2, -0.15) is 9.97 Å². The average Bonchev–Trinajstić information content (AvgIpc) is 2.59. The minimum Gasteiger partial charge on any atom is -0.370 e. The van der Waals surface area contributed by atoms with Crippen LogP contribution in [0.1, 0.15) is 37.7 Å². The maximum atomic E-state index is 11.8. The van der Waals surface area contributed by atoms with E-state index in [0.29, 0.717) is 18.3 Å². The number of amides is 1. The lowest BCUT2D eigenvalue weighted by Gasteiger charge is -2.35. The quantitative estimate of drug-likeness (QED) is 0.869. The number of nitrogens with one attached hydrogen (secondary N) is 1. The molecule has 1 unspecified atom stereocenters. The van der Waals surface area contributed by atoms with Crippen molar-refractivity contribution in [3.63, 3.8) is 0 Å². The van der Waals surface area contributed by atoms with Crippen LogP contribution in [0, 0.1) is 5.92 Å². The summed E-state index contributed by atoms with van der Waals surface area (Å²) in [5.41, 5.74) is 7.11. The summed E-state index contributed by atoms with van der Waals surface area (Å²) in [6.45, 7) is 2.89. The van der Waals surface area contributed by atoms with Crippen LogP contribution < -0.4 is 16.0 Å². The van der Waals surface area contributed by atoms with Gasteiger partial charge in [0.1, 0.15) is 11.6 Å². The minimum absolute atomic E-state index is 0.208. The van der Waals surface area contributed by atoms with Crippen molar-refractivity contribution in [1.82, 2.24) is 14.9 Å². The van der Waals surface area contributed by atoms with E-state index in [1.54, 1.807) is 4.90 Å². The van der Waals surface area contributed by atoms with Gasteiger partial charge in [0.05, 0.1) is 0 Å². The first-order chi connectivity index (χ1) is 11.5. The van der Waals surface area contributed by atoms with Gasteiger partial charge in [-0.05, 0) is 38.0 Å². The smallest absolute Gasteiger partial charge is 0.223 e. The van der Waals surface area contributed by atoms with Crippen molar-refractivity contribution in [2.24, 2.45) is 5.92 Å². The largest absolute Gasteiger partial charge is 0.370 e. The van der Waals surface area contributed by atoms with Gasteiger partial charge in [-0.25, -0.2) is 0 Å². The molecule has 0 spiro atoms. The fraction of sp³-hybridized carbons (Fsp3) is 0.706. The first-order valence-electron chi connectivity index (χ1n) is 8.90. The molecule has 0 saturated carbocycles. The normalized spacial score (nSPS) is 20.2. The molecule has 0 aromatic carbocycles. The van der Waals surface area contributed by atoms with Gasteiger partial charge in [-0.15, -0.1) is 0 Å². The number of hydrogen-bond donors (Lipinski definition) is 2. The summed E-state index contributed by atoms with van der Waals surface area (Å²) in [6.07, 6.45) is 5.97. The molecule has 1 aromatic rings. The van der Waals surface area contributed by atoms with Crippen LogP contribution in [0.3, 0.4) is 0 Å². The molecule has 7 heteroatoms. The molecule has 0 aliphatic carbocycles. The summed E-state index contributed by atoms with van der Waals surface area (Å²) in [6, 6.07) is 0. The van der Waals surface area contributed by atoms with E-state index < -0.39 is 0 Å². The number of nitrogens with two attached hydrogens (primary N) is 1. The van der Waals surface area contributed by atoms with Gasteiger partial charge in [0.15, 0.2) is 0 Å². The molecule has 3 rings (SSSR count). The second kappa shape index (κ2) is 7.23. The van der Waals surface area contributed by atoms with Crippen LogP contribution in [0.2, 0.25) is 0 Å². The highest BCUT2D eigenvalue weighted by Crippen LogP contribution is 2.32. The zero-order valence-corrected chi connectivity index (χ0v) is 14.7. The topological polar surface area (TPSA) is 87.4 Å². The van der Waals surface area contributed by atoms with E-state index in [-0.39, 0.29) is 5.91 Å². The van der Waals surface area contributed by atoms with E-state index in [2.05, 4.69) is 20.2 Å². The molecule has 24 heavy (non-hydrogen) atoms. The van der Waals surface area contributed by atoms with Crippen molar-refractivity contribution >= 4 is 23.5 Å². The number of anilines is 3. The number of piperidine rings is 1. The van der Waals surface area contributed by atoms with E-state index in [9.17, 15) is 4.79 Å². The average molecular weight is 332 g/mol. The van der Waals surface area contributed by atoms with Crippen LogP contribution in [-0.4, -0.2) is 54.5 Å². The summed E-state index contributed by atoms with van der Waals surface area (Å²) < 4.78 is 0. The van der Waals surface area contributed by atoms with Gasteiger partial charge < -0.3 is 20.9 Å². The molecule has 7 nitrogen and oxygen atoms in total. The Bertz CT molecular complexity index is 603. The first-order valence-corrected chi connectivity index (χ1v) is 8.90. The molecule has 2 aliphatic rings. The van der Waals surface area contributed by atoms with Crippen molar-refractivity contribution in [3.8, 4) is 0 Å². The highest BCUT2D eigenvalue weighted by molar-refractivity contribution is 5.75. The lowest BCUT2D eigenvalue weighted by atomic mass is 9.92. The van der Waals surface area contributed by atoms with Crippen LogP contribution in [0.4, 0.5) is 17.6 Å². The molecular formula is C17H28N6O. The van der Waals surface area contributed by atoms with Crippen LogP contribution in [0.5, 0.6) is 0 Å². The molecule has 1 fully saturated rings. The van der Waals surface area contributed by atoms with E-state index in [0.717, 1.165) is 57.0 Å². The van der Waals surface area contributed by atoms with Crippen LogP contribution in [-0.2, 0) is 11.2 Å². The summed E-state index contributed by atoms with van der Waals surface area (Å²) in [5, 5.41) is 3.34. The van der Waals surface area contributed by atoms with Crippen molar-refractivity contribution in [2.75, 3.05) is 49.7 Å². The SMILES string of the molecule is CN(C)C(=O)CCC1CCCN(c2nc(N)nc3c2CCCN3)C1. The second-order valence-electron chi connectivity index (χ2n) is 7.04. The molecule has 3 heterocycles. The van der Waals surface area contributed by atoms with E-state index in [4.69, 9.17) is 5.73 Å². The van der Waals surface area contributed by atoms with Crippen LogP contribution in [0.25, 0.3) is 0 Å². The Labute approximate surface area is 143 Å². The van der Waals surface area contributed by atoms with Crippen LogP contribution >= 0.6 is 0 Å². The van der Waals surface area contributed by atoms with E-state index >= 15 is 0 Å². The van der Waals surface area contributed by atoms with Gasteiger partial charge in [-0.1, -0.05) is 0 Å². The minimum atomic E-state index is 0.208. The summed E-state index contributed by atoms with van der Waals surface area (Å²) in [7, 11) is 3.64. The third kappa shape index (κ3) is 3.71. The first kappa shape index (κ1) is 16.8. The maximum absolute atomic E-state index is 11.8. The predicted molar refractivity (Wildman–Crippen MR) is 96.1 cm³/mol. The molecule has 0 bridgehead atoms. The molecule has 1 saturated heterocycles. The van der Waals surface area contributed by atoms with Crippen molar-refractivity contribution in [2.45, 2.75) is 38.5 Å². The lowest BCUT2D eigenvalue weighted by Crippen LogP contribution is -2.38. The Morgan fingerprint density at radius 3 is 3.00 bits per heavy atom. The standard InChI is InChI=1S/C17H28N6O/c1-22(2)14(24)8-7-12-5-4-10-23(11-12)16-13-6-3-9-19-15(13)20-17(18)21-16/h12H,3-11H2,1-2H3,(H3,18,19,20,21). The highest BCUT2D eigenvalue weighted by Gasteiger charge is 2.26. The molecule has 132 valence electrons. The summed E-state index contributed by atoms with van der Waals surface area (Å²) in [5.74, 6) is 2.97. The van der Waals surface area contributed by atoms with Gasteiger partial charge in [0, 0.05) is 45.7 Å². The molecule has 2 aliphatic heterocycles. The van der Waals surface area contributed by atoms with Gasteiger partial charge >= 0.3 is 0 Å². The second-order valence-corrected chi connectivity index (χ2v) is 7.04. The molecule has 1 amide bonds. The Morgan fingerprint density at radius 2 is 2.21 bits per heavy atom. The third-order valence-electron chi connectivity index (χ3n) is 4.98. The van der Waals surface area contributed by atoms with Gasteiger partial charge in [0.25, 0.3) is 0 Å². The number of rotatable bonds is 4. The number of nitrogens with zero attached hydrogens (tertiary/aromatic N) is 4. The maximum Gasteiger partial charge on any atom is 0.223 e. The zero-order valence-electron chi connectivity index (χ0n) is 14.7. The molecule has 0 radical (unpaired) electrons. The highest BCUT2D eigenvalue weighted by atomic mass is 16.2. The number of aromatic nitrogens is 2. The summed E-state index contributed by atoms with van der Waals surface area (Å²) in [4.78, 5) is 24.8. The Balaban J connectivity index is 1.71. The van der Waals surface area contributed by atoms with E-state index in [1.165, 1.54) is 12.0 Å². The molecular weight excluding hydrogens is 304 g/mol. The zero-order chi connectivity index (χ0) is 17.1. The van der Waals surface area contributed by atoms with Crippen molar-refractivity contribution in [1.29, 1.82) is 0 Å². The Morgan fingerprint density at radius 1 is 1.38 bits per heavy atom. The molecule has 1 atom stereocenters. The van der Waals surface area contributed by atoms with Gasteiger partial charge in [0.2, 0.25) is 11.9 Å².